The van der Waals surface area contributed by atoms with E-state index in [-0.39, 0.29) is 11.5 Å². The highest BCUT2D eigenvalue weighted by Gasteiger charge is 2.17. The van der Waals surface area contributed by atoms with Gasteiger partial charge in [-0.05, 0) is 42.3 Å². The Kier molecular flexibility index (Phi) is 5.37. The van der Waals surface area contributed by atoms with Gasteiger partial charge in [0.25, 0.3) is 5.91 Å². The van der Waals surface area contributed by atoms with Crippen molar-refractivity contribution in [3.05, 3.63) is 76.1 Å². The predicted octanol–water partition coefficient (Wildman–Crippen LogP) is 3.59. The van der Waals surface area contributed by atoms with Crippen LogP contribution in [0.15, 0.2) is 59.4 Å². The van der Waals surface area contributed by atoms with Gasteiger partial charge in [-0.3, -0.25) is 9.59 Å². The molecule has 0 fully saturated rings. The number of aromatic amines is 1. The van der Waals surface area contributed by atoms with Gasteiger partial charge in [0, 0.05) is 35.6 Å². The molecular weight excluding hydrogens is 328 g/mol. The number of para-hydroxylation sites is 1. The van der Waals surface area contributed by atoms with Gasteiger partial charge < -0.3 is 14.6 Å². The first kappa shape index (κ1) is 17.7. The van der Waals surface area contributed by atoms with E-state index in [1.54, 1.807) is 42.3 Å². The Bertz CT molecular complexity index is 961. The van der Waals surface area contributed by atoms with E-state index in [0.29, 0.717) is 24.4 Å². The van der Waals surface area contributed by atoms with Gasteiger partial charge in [0.1, 0.15) is 5.75 Å². The number of rotatable bonds is 6. The number of fused-ring (bicyclic) bond motifs is 1. The summed E-state index contributed by atoms with van der Waals surface area (Å²) in [5, 5.41) is 0.954. The fourth-order valence-electron chi connectivity index (χ4n) is 3.05. The number of amides is 1. The molecule has 0 aliphatic heterocycles. The van der Waals surface area contributed by atoms with Crippen LogP contribution in [0.25, 0.3) is 10.9 Å². The van der Waals surface area contributed by atoms with E-state index in [1.807, 2.05) is 31.2 Å². The Labute approximate surface area is 152 Å². The van der Waals surface area contributed by atoms with Crippen molar-refractivity contribution in [1.29, 1.82) is 0 Å². The van der Waals surface area contributed by atoms with Crippen LogP contribution in [-0.2, 0) is 6.54 Å². The third kappa shape index (κ3) is 3.77. The summed E-state index contributed by atoms with van der Waals surface area (Å²) in [7, 11) is 1.60. The molecule has 0 unspecified atom stereocenters. The Morgan fingerprint density at radius 1 is 1.12 bits per heavy atom. The molecule has 3 rings (SSSR count). The molecule has 0 bridgehead atoms. The molecule has 2 aromatic carbocycles. The molecule has 0 saturated carbocycles. The van der Waals surface area contributed by atoms with Crippen LogP contribution < -0.4 is 10.3 Å². The van der Waals surface area contributed by atoms with Gasteiger partial charge in [0.2, 0.25) is 5.56 Å². The lowest BCUT2D eigenvalue weighted by atomic mass is 10.1. The number of hydrogen-bond donors (Lipinski definition) is 1. The van der Waals surface area contributed by atoms with Crippen molar-refractivity contribution in [2.45, 2.75) is 19.9 Å². The number of carbonyl (C=O) groups excluding carboxylic acids is 1. The highest BCUT2D eigenvalue weighted by atomic mass is 16.5. The molecule has 0 aliphatic rings. The zero-order valence-corrected chi connectivity index (χ0v) is 15.0. The highest BCUT2D eigenvalue weighted by Crippen LogP contribution is 2.19. The van der Waals surface area contributed by atoms with Crippen molar-refractivity contribution in [2.75, 3.05) is 13.7 Å². The molecule has 1 aromatic heterocycles. The summed E-state index contributed by atoms with van der Waals surface area (Å²) in [4.78, 5) is 29.6. The first-order valence-corrected chi connectivity index (χ1v) is 8.66. The Morgan fingerprint density at radius 2 is 1.85 bits per heavy atom. The minimum absolute atomic E-state index is 0.0566. The zero-order valence-electron chi connectivity index (χ0n) is 15.0. The lowest BCUT2D eigenvalue weighted by Gasteiger charge is -2.23. The van der Waals surface area contributed by atoms with Crippen molar-refractivity contribution < 1.29 is 9.53 Å². The predicted molar refractivity (Wildman–Crippen MR) is 103 cm³/mol. The third-order valence-corrected chi connectivity index (χ3v) is 4.32. The number of ether oxygens (including phenoxy) is 1. The average Bonchev–Trinajstić information content (AvgIpc) is 2.67. The number of hydrogen-bond acceptors (Lipinski definition) is 3. The van der Waals surface area contributed by atoms with Gasteiger partial charge in [0.15, 0.2) is 0 Å². The number of nitrogens with zero attached hydrogens (tertiary/aromatic N) is 1. The molecule has 0 aliphatic carbocycles. The molecule has 1 N–H and O–H groups in total. The van der Waals surface area contributed by atoms with Gasteiger partial charge >= 0.3 is 0 Å². The number of nitrogens with one attached hydrogen (secondary N) is 1. The number of aromatic nitrogens is 1. The first-order valence-electron chi connectivity index (χ1n) is 8.66. The average molecular weight is 350 g/mol. The van der Waals surface area contributed by atoms with Crippen LogP contribution in [0, 0.1) is 0 Å². The topological polar surface area (TPSA) is 62.4 Å². The maximum absolute atomic E-state index is 13.0. The second-order valence-electron chi connectivity index (χ2n) is 6.16. The summed E-state index contributed by atoms with van der Waals surface area (Å²) < 4.78 is 5.15. The molecule has 0 saturated heterocycles. The molecule has 5 nitrogen and oxygen atoms in total. The van der Waals surface area contributed by atoms with Crippen LogP contribution in [0.3, 0.4) is 0 Å². The van der Waals surface area contributed by atoms with E-state index in [9.17, 15) is 9.59 Å². The molecule has 5 heteroatoms. The van der Waals surface area contributed by atoms with Crippen LogP contribution in [-0.4, -0.2) is 29.4 Å². The molecule has 1 heterocycles. The van der Waals surface area contributed by atoms with Crippen molar-refractivity contribution in [3.63, 3.8) is 0 Å². The van der Waals surface area contributed by atoms with Crippen LogP contribution >= 0.6 is 0 Å². The van der Waals surface area contributed by atoms with Gasteiger partial charge in [-0.15, -0.1) is 0 Å². The van der Waals surface area contributed by atoms with Crippen molar-refractivity contribution in [2.24, 2.45) is 0 Å². The van der Waals surface area contributed by atoms with Crippen LogP contribution in [0.5, 0.6) is 5.75 Å². The summed E-state index contributed by atoms with van der Waals surface area (Å²) in [6.45, 7) is 3.04. The van der Waals surface area contributed by atoms with Crippen LogP contribution in [0.4, 0.5) is 0 Å². The second kappa shape index (κ2) is 7.87. The Morgan fingerprint density at radius 3 is 2.54 bits per heavy atom. The summed E-state index contributed by atoms with van der Waals surface area (Å²) in [6, 6.07) is 16.3. The maximum Gasteiger partial charge on any atom is 0.254 e. The van der Waals surface area contributed by atoms with E-state index in [0.717, 1.165) is 22.9 Å². The van der Waals surface area contributed by atoms with Gasteiger partial charge in [-0.25, -0.2) is 0 Å². The van der Waals surface area contributed by atoms with E-state index < -0.39 is 0 Å². The van der Waals surface area contributed by atoms with E-state index in [1.165, 1.54) is 0 Å². The normalized spacial score (nSPS) is 10.7. The zero-order chi connectivity index (χ0) is 18.5. The molecule has 0 spiro atoms. The number of carbonyl (C=O) groups is 1. The van der Waals surface area contributed by atoms with Gasteiger partial charge in [-0.2, -0.15) is 0 Å². The molecule has 1 amide bonds. The highest BCUT2D eigenvalue weighted by molar-refractivity contribution is 5.94. The largest absolute Gasteiger partial charge is 0.497 e. The number of methoxy groups -OCH3 is 1. The first-order chi connectivity index (χ1) is 12.6. The molecule has 0 radical (unpaired) electrons. The fraction of sp³-hybridized carbons (Fsp3) is 0.238. The van der Waals surface area contributed by atoms with Crippen LogP contribution in [0.1, 0.15) is 29.3 Å². The summed E-state index contributed by atoms with van der Waals surface area (Å²) in [5.41, 5.74) is 2.07. The SMILES string of the molecule is CCCN(Cc1cc(=O)[nH]c2ccccc12)C(=O)c1ccc(OC)cc1. The molecule has 134 valence electrons. The fourth-order valence-corrected chi connectivity index (χ4v) is 3.05. The summed E-state index contributed by atoms with van der Waals surface area (Å²) in [5.74, 6) is 0.656. The quantitative estimate of drug-likeness (QED) is 0.739. The van der Waals surface area contributed by atoms with E-state index in [2.05, 4.69) is 4.98 Å². The minimum atomic E-state index is -0.160. The maximum atomic E-state index is 13.0. The molecule has 26 heavy (non-hydrogen) atoms. The summed E-state index contributed by atoms with van der Waals surface area (Å²) in [6.07, 6.45) is 0.836. The lowest BCUT2D eigenvalue weighted by Crippen LogP contribution is -2.31. The Balaban J connectivity index is 1.93. The smallest absolute Gasteiger partial charge is 0.254 e. The summed E-state index contributed by atoms with van der Waals surface area (Å²) >= 11 is 0. The Hall–Kier alpha value is -3.08. The van der Waals surface area contributed by atoms with Crippen LogP contribution in [0.2, 0.25) is 0 Å². The van der Waals surface area contributed by atoms with E-state index in [4.69, 9.17) is 4.74 Å². The van der Waals surface area contributed by atoms with Crippen molar-refractivity contribution >= 4 is 16.8 Å². The molecule has 0 atom stereocenters. The number of H-pyrrole nitrogens is 1. The monoisotopic (exact) mass is 350 g/mol. The second-order valence-corrected chi connectivity index (χ2v) is 6.16. The lowest BCUT2D eigenvalue weighted by molar-refractivity contribution is 0.0744. The minimum Gasteiger partial charge on any atom is -0.497 e. The number of benzene rings is 2. The van der Waals surface area contributed by atoms with Crippen molar-refractivity contribution in [3.8, 4) is 5.75 Å². The van der Waals surface area contributed by atoms with Crippen molar-refractivity contribution in [1.82, 2.24) is 9.88 Å². The van der Waals surface area contributed by atoms with Gasteiger partial charge in [-0.1, -0.05) is 25.1 Å². The third-order valence-electron chi connectivity index (χ3n) is 4.32. The molecular formula is C21H22N2O3. The van der Waals surface area contributed by atoms with E-state index >= 15 is 0 Å². The van der Waals surface area contributed by atoms with Gasteiger partial charge in [0.05, 0.1) is 7.11 Å². The standard InChI is InChI=1S/C21H22N2O3/c1-3-12-23(21(25)15-8-10-17(26-2)11-9-15)14-16-13-20(24)22-19-7-5-4-6-18(16)19/h4-11,13H,3,12,14H2,1-2H3,(H,22,24). The molecule has 3 aromatic rings. The number of pyridine rings is 1.